The number of hydrogen-bond acceptors (Lipinski definition) is 5. The second kappa shape index (κ2) is 7.72. The highest BCUT2D eigenvalue weighted by Crippen LogP contribution is 2.09. The Balaban J connectivity index is 2.05. The molecular weight excluding hydrogens is 308 g/mol. The fourth-order valence-electron chi connectivity index (χ4n) is 2.26. The second-order valence-electron chi connectivity index (χ2n) is 5.99. The molecule has 1 aromatic heterocycles. The molecule has 1 N–H and O–H groups in total. The zero-order chi connectivity index (χ0) is 17.7. The third-order valence-corrected chi connectivity index (χ3v) is 3.58. The normalized spacial score (nSPS) is 12.0. The van der Waals surface area contributed by atoms with E-state index < -0.39 is 6.04 Å². The Morgan fingerprint density at radius 3 is 2.46 bits per heavy atom. The van der Waals surface area contributed by atoms with Crippen molar-refractivity contribution in [3.8, 4) is 0 Å². The lowest BCUT2D eigenvalue weighted by atomic mass is 10.0. The maximum absolute atomic E-state index is 12.7. The molecule has 0 aliphatic rings. The van der Waals surface area contributed by atoms with Gasteiger partial charge in [-0.1, -0.05) is 37.2 Å². The van der Waals surface area contributed by atoms with Gasteiger partial charge in [0, 0.05) is 19.5 Å². The average molecular weight is 330 g/mol. The Hall–Kier alpha value is -2.70. The second-order valence-corrected chi connectivity index (χ2v) is 5.99. The van der Waals surface area contributed by atoms with Gasteiger partial charge in [-0.25, -0.2) is 0 Å². The van der Waals surface area contributed by atoms with Crippen LogP contribution >= 0.6 is 0 Å². The fourth-order valence-corrected chi connectivity index (χ4v) is 2.26. The van der Waals surface area contributed by atoms with Crippen molar-refractivity contribution < 1.29 is 14.1 Å². The lowest BCUT2D eigenvalue weighted by Crippen LogP contribution is -2.50. The summed E-state index contributed by atoms with van der Waals surface area (Å²) >= 11 is 0. The number of nitrogens with zero attached hydrogens (tertiary/aromatic N) is 3. The zero-order valence-electron chi connectivity index (χ0n) is 14.3. The Kier molecular flexibility index (Phi) is 5.68. The molecule has 0 radical (unpaired) electrons. The van der Waals surface area contributed by atoms with Gasteiger partial charge in [0.1, 0.15) is 6.04 Å². The first-order chi connectivity index (χ1) is 11.4. The number of aryl methyl sites for hydroxylation is 1. The average Bonchev–Trinajstić information content (AvgIpc) is 2.97. The highest BCUT2D eigenvalue weighted by Gasteiger charge is 2.28. The summed E-state index contributed by atoms with van der Waals surface area (Å²) in [5, 5.41) is 6.59. The molecule has 2 amide bonds. The van der Waals surface area contributed by atoms with Gasteiger partial charge in [-0.15, -0.1) is 0 Å². The molecule has 0 fully saturated rings. The molecular formula is C17H22N4O3. The van der Waals surface area contributed by atoms with Gasteiger partial charge < -0.3 is 14.7 Å². The minimum absolute atomic E-state index is 0.0559. The number of likely N-dealkylation sites (N-methyl/N-ethyl adjacent to an activating group) is 1. The predicted molar refractivity (Wildman–Crippen MR) is 88.0 cm³/mol. The molecule has 1 unspecified atom stereocenters. The van der Waals surface area contributed by atoms with Crippen LogP contribution in [0.3, 0.4) is 0 Å². The monoisotopic (exact) mass is 330 g/mol. The van der Waals surface area contributed by atoms with Crippen molar-refractivity contribution in [3.63, 3.8) is 0 Å². The molecule has 1 atom stereocenters. The Morgan fingerprint density at radius 2 is 1.92 bits per heavy atom. The van der Waals surface area contributed by atoms with Crippen LogP contribution in [0.4, 0.5) is 0 Å². The Labute approximate surface area is 141 Å². The van der Waals surface area contributed by atoms with Crippen molar-refractivity contribution in [1.82, 2.24) is 20.4 Å². The largest absolute Gasteiger partial charge is 0.340 e. The molecule has 128 valence electrons. The highest BCUT2D eigenvalue weighted by atomic mass is 16.5. The summed E-state index contributed by atoms with van der Waals surface area (Å²) in [7, 11) is 1.65. The summed E-state index contributed by atoms with van der Waals surface area (Å²) in [6.45, 7) is 5.69. The number of amides is 2. The number of benzene rings is 1. The van der Waals surface area contributed by atoms with E-state index in [0.717, 1.165) is 0 Å². The summed E-state index contributed by atoms with van der Waals surface area (Å²) in [6.07, 6.45) is 0. The topological polar surface area (TPSA) is 88.3 Å². The molecule has 0 spiro atoms. The van der Waals surface area contributed by atoms with Gasteiger partial charge in [0.2, 0.25) is 11.8 Å². The van der Waals surface area contributed by atoms with E-state index in [1.54, 1.807) is 38.2 Å². The van der Waals surface area contributed by atoms with Crippen molar-refractivity contribution in [2.45, 2.75) is 33.4 Å². The van der Waals surface area contributed by atoms with Crippen molar-refractivity contribution >= 4 is 11.8 Å². The third-order valence-electron chi connectivity index (χ3n) is 3.58. The first-order valence-electron chi connectivity index (χ1n) is 7.78. The number of hydrogen-bond donors (Lipinski definition) is 1. The first kappa shape index (κ1) is 17.7. The van der Waals surface area contributed by atoms with Gasteiger partial charge in [-0.05, 0) is 18.1 Å². The minimum atomic E-state index is -0.629. The quantitative estimate of drug-likeness (QED) is 0.872. The van der Waals surface area contributed by atoms with Gasteiger partial charge >= 0.3 is 0 Å². The molecule has 2 rings (SSSR count). The van der Waals surface area contributed by atoms with Crippen LogP contribution in [0, 0.1) is 12.8 Å². The van der Waals surface area contributed by atoms with Gasteiger partial charge in [-0.2, -0.15) is 4.98 Å². The van der Waals surface area contributed by atoms with E-state index in [9.17, 15) is 9.59 Å². The van der Waals surface area contributed by atoms with E-state index in [-0.39, 0.29) is 24.3 Å². The number of rotatable bonds is 6. The molecule has 0 aliphatic heterocycles. The fraction of sp³-hybridized carbons (Fsp3) is 0.412. The molecule has 1 heterocycles. The summed E-state index contributed by atoms with van der Waals surface area (Å²) in [5.74, 6) is 0.353. The SMILES string of the molecule is Cc1nc(CN(C)C(=O)C(NC(=O)c2ccccc2)C(C)C)no1. The summed E-state index contributed by atoms with van der Waals surface area (Å²) < 4.78 is 4.91. The van der Waals surface area contributed by atoms with E-state index in [0.29, 0.717) is 17.3 Å². The van der Waals surface area contributed by atoms with Gasteiger partial charge in [0.05, 0.1) is 6.54 Å². The van der Waals surface area contributed by atoms with Crippen LogP contribution in [0.15, 0.2) is 34.9 Å². The molecule has 2 aromatic rings. The van der Waals surface area contributed by atoms with Crippen LogP contribution in [-0.4, -0.2) is 39.9 Å². The Bertz CT molecular complexity index is 697. The Morgan fingerprint density at radius 1 is 1.25 bits per heavy atom. The number of carbonyl (C=O) groups excluding carboxylic acids is 2. The van der Waals surface area contributed by atoms with E-state index >= 15 is 0 Å². The third kappa shape index (κ3) is 4.41. The van der Waals surface area contributed by atoms with Crippen LogP contribution in [0.1, 0.15) is 35.9 Å². The van der Waals surface area contributed by atoms with Gasteiger partial charge in [0.25, 0.3) is 5.91 Å². The lowest BCUT2D eigenvalue weighted by molar-refractivity contribution is -0.133. The number of carbonyl (C=O) groups is 2. The summed E-state index contributed by atoms with van der Waals surface area (Å²) in [4.78, 5) is 30.6. The van der Waals surface area contributed by atoms with Crippen molar-refractivity contribution in [1.29, 1.82) is 0 Å². The van der Waals surface area contributed by atoms with Gasteiger partial charge in [0.15, 0.2) is 5.82 Å². The minimum Gasteiger partial charge on any atom is -0.340 e. The van der Waals surface area contributed by atoms with E-state index in [1.165, 1.54) is 4.90 Å². The lowest BCUT2D eigenvalue weighted by Gasteiger charge is -2.26. The van der Waals surface area contributed by atoms with Crippen LogP contribution in [0.5, 0.6) is 0 Å². The zero-order valence-corrected chi connectivity index (χ0v) is 14.3. The number of aromatic nitrogens is 2. The standard InChI is InChI=1S/C17H22N4O3/c1-11(2)15(19-16(22)13-8-6-5-7-9-13)17(23)21(4)10-14-18-12(3)24-20-14/h5-9,11,15H,10H2,1-4H3,(H,19,22). The van der Waals surface area contributed by atoms with E-state index in [2.05, 4.69) is 15.5 Å². The summed E-state index contributed by atoms with van der Waals surface area (Å²) in [5.41, 5.74) is 0.521. The van der Waals surface area contributed by atoms with Crippen molar-refractivity contribution in [2.24, 2.45) is 5.92 Å². The van der Waals surface area contributed by atoms with Crippen molar-refractivity contribution in [3.05, 3.63) is 47.6 Å². The molecule has 7 heteroatoms. The number of nitrogens with one attached hydrogen (secondary N) is 1. The molecule has 0 saturated heterocycles. The van der Waals surface area contributed by atoms with E-state index in [1.807, 2.05) is 19.9 Å². The van der Waals surface area contributed by atoms with E-state index in [4.69, 9.17) is 4.52 Å². The maximum atomic E-state index is 12.7. The highest BCUT2D eigenvalue weighted by molar-refractivity contribution is 5.97. The smallest absolute Gasteiger partial charge is 0.251 e. The molecule has 0 saturated carbocycles. The molecule has 7 nitrogen and oxygen atoms in total. The van der Waals surface area contributed by atoms with Gasteiger partial charge in [-0.3, -0.25) is 9.59 Å². The molecule has 24 heavy (non-hydrogen) atoms. The predicted octanol–water partition coefficient (Wildman–Crippen LogP) is 1.79. The first-order valence-corrected chi connectivity index (χ1v) is 7.78. The molecule has 1 aromatic carbocycles. The molecule has 0 aliphatic carbocycles. The van der Waals surface area contributed by atoms with Crippen molar-refractivity contribution in [2.75, 3.05) is 7.05 Å². The van der Waals surface area contributed by atoms with Crippen LogP contribution in [0.2, 0.25) is 0 Å². The van der Waals surface area contributed by atoms with Crippen LogP contribution in [-0.2, 0) is 11.3 Å². The van der Waals surface area contributed by atoms with Crippen LogP contribution < -0.4 is 5.32 Å². The van der Waals surface area contributed by atoms with Crippen LogP contribution in [0.25, 0.3) is 0 Å². The molecule has 0 bridgehead atoms. The summed E-state index contributed by atoms with van der Waals surface area (Å²) in [6, 6.07) is 8.20. The maximum Gasteiger partial charge on any atom is 0.251 e.